The number of hydrogen-bond acceptors (Lipinski definition) is 7. The summed E-state index contributed by atoms with van der Waals surface area (Å²) >= 11 is 7.83. The number of imide groups is 1. The van der Waals surface area contributed by atoms with E-state index in [1.807, 2.05) is 0 Å². The molecular weight excluding hydrogens is 627 g/mol. The summed E-state index contributed by atoms with van der Waals surface area (Å²) in [5, 5.41) is 12.1. The van der Waals surface area contributed by atoms with Gasteiger partial charge in [0, 0.05) is 21.5 Å². The Morgan fingerprint density at radius 3 is 2.35 bits per heavy atom. The molecule has 6 rings (SSSR count). The maximum absolute atomic E-state index is 13.9. The van der Waals surface area contributed by atoms with E-state index >= 15 is 0 Å². The van der Waals surface area contributed by atoms with Crippen molar-refractivity contribution < 1.29 is 32.7 Å². The molecule has 0 saturated carbocycles. The minimum Gasteiger partial charge on any atom is -0.508 e. The van der Waals surface area contributed by atoms with Gasteiger partial charge in [0.15, 0.2) is 0 Å². The largest absolute Gasteiger partial charge is 0.508 e. The minimum atomic E-state index is -4.61. The third-order valence-electron chi connectivity index (χ3n) is 7.16. The molecule has 2 unspecified atom stereocenters. The standard InChI is InChI=1S/C29H19ClF3N3O5S2/c30-16-6-8-18(9-7-16)36-25(39)22-21(14-4-10-19(37)11-5-14)24-27(42-23(22)26(36)40)35(28(41)43-24)13-20(38)34-17-3-1-2-15(12-17)29(31,32)33/h1-12,21-23,37H,13H2,(H,34,38)/t21-,22?,23?/m0/s1. The van der Waals surface area contributed by atoms with Gasteiger partial charge in [0.05, 0.1) is 22.2 Å². The van der Waals surface area contributed by atoms with Gasteiger partial charge < -0.3 is 10.4 Å². The molecule has 2 aliphatic heterocycles. The first-order chi connectivity index (χ1) is 20.4. The van der Waals surface area contributed by atoms with Crippen molar-refractivity contribution in [2.75, 3.05) is 10.2 Å². The van der Waals surface area contributed by atoms with E-state index in [4.69, 9.17) is 11.6 Å². The highest BCUT2D eigenvalue weighted by Crippen LogP contribution is 2.54. The van der Waals surface area contributed by atoms with Crippen molar-refractivity contribution in [2.45, 2.75) is 28.9 Å². The molecular formula is C29H19ClF3N3O5S2. The number of alkyl halides is 3. The van der Waals surface area contributed by atoms with Gasteiger partial charge in [0.2, 0.25) is 17.7 Å². The summed E-state index contributed by atoms with van der Waals surface area (Å²) in [7, 11) is 0. The molecule has 14 heteroatoms. The van der Waals surface area contributed by atoms with Gasteiger partial charge in [0.1, 0.15) is 17.5 Å². The molecule has 1 aromatic heterocycles. The number of phenolic OH excluding ortho intramolecular Hbond substituents is 1. The van der Waals surface area contributed by atoms with Gasteiger partial charge in [0.25, 0.3) is 0 Å². The number of fused-ring (bicyclic) bond motifs is 2. The van der Waals surface area contributed by atoms with Gasteiger partial charge in [-0.15, -0.1) is 0 Å². The van der Waals surface area contributed by atoms with E-state index < -0.39 is 58.0 Å². The number of carbonyl (C=O) groups is 3. The zero-order valence-electron chi connectivity index (χ0n) is 21.7. The highest BCUT2D eigenvalue weighted by molar-refractivity contribution is 8.00. The Morgan fingerprint density at radius 1 is 0.977 bits per heavy atom. The summed E-state index contributed by atoms with van der Waals surface area (Å²) in [6.45, 7) is -0.531. The number of benzene rings is 3. The maximum Gasteiger partial charge on any atom is 0.416 e. The number of anilines is 2. The number of phenols is 1. The summed E-state index contributed by atoms with van der Waals surface area (Å²) in [6, 6.07) is 16.4. The smallest absolute Gasteiger partial charge is 0.416 e. The molecule has 3 amide bonds. The van der Waals surface area contributed by atoms with Crippen molar-refractivity contribution in [1.82, 2.24) is 4.57 Å². The summed E-state index contributed by atoms with van der Waals surface area (Å²) in [6.07, 6.45) is -4.61. The number of nitrogens with one attached hydrogen (secondary N) is 1. The van der Waals surface area contributed by atoms with E-state index in [-0.39, 0.29) is 11.4 Å². The zero-order chi connectivity index (χ0) is 30.6. The highest BCUT2D eigenvalue weighted by atomic mass is 35.5. The van der Waals surface area contributed by atoms with Crippen molar-refractivity contribution in [3.05, 3.63) is 103 Å². The molecule has 8 nitrogen and oxygen atoms in total. The van der Waals surface area contributed by atoms with Crippen molar-refractivity contribution in [3.63, 3.8) is 0 Å². The summed E-state index contributed by atoms with van der Waals surface area (Å²) in [5.41, 5.74) is -0.124. The van der Waals surface area contributed by atoms with Crippen LogP contribution in [0.5, 0.6) is 5.75 Å². The second-order valence-electron chi connectivity index (χ2n) is 9.87. The first-order valence-corrected chi connectivity index (χ1v) is 14.8. The lowest BCUT2D eigenvalue weighted by molar-refractivity contribution is -0.137. The maximum atomic E-state index is 13.9. The summed E-state index contributed by atoms with van der Waals surface area (Å²) in [4.78, 5) is 54.8. The second kappa shape index (κ2) is 10.9. The lowest BCUT2D eigenvalue weighted by Crippen LogP contribution is -2.33. The molecule has 220 valence electrons. The molecule has 3 aromatic carbocycles. The number of halogens is 4. The Bertz CT molecular complexity index is 1820. The Labute approximate surface area is 254 Å². The van der Waals surface area contributed by atoms with E-state index in [2.05, 4.69) is 5.32 Å². The second-order valence-corrected chi connectivity index (χ2v) is 12.4. The van der Waals surface area contributed by atoms with Crippen LogP contribution in [0, 0.1) is 5.92 Å². The van der Waals surface area contributed by atoms with E-state index in [0.717, 1.165) is 46.2 Å². The molecule has 1 saturated heterocycles. The van der Waals surface area contributed by atoms with Crippen LogP contribution in [0.2, 0.25) is 5.02 Å². The average Bonchev–Trinajstić information content (AvgIpc) is 3.40. The lowest BCUT2D eigenvalue weighted by Gasteiger charge is -2.30. The fraction of sp³-hybridized carbons (Fsp3) is 0.172. The third kappa shape index (κ3) is 5.32. The van der Waals surface area contributed by atoms with Crippen molar-refractivity contribution in [1.29, 1.82) is 0 Å². The number of amides is 3. The first-order valence-electron chi connectivity index (χ1n) is 12.7. The first kappa shape index (κ1) is 29.0. The van der Waals surface area contributed by atoms with E-state index in [1.54, 1.807) is 36.4 Å². The molecule has 2 aliphatic rings. The molecule has 3 atom stereocenters. The van der Waals surface area contributed by atoms with Gasteiger partial charge in [-0.2, -0.15) is 13.2 Å². The fourth-order valence-corrected chi connectivity index (χ4v) is 8.16. The Hall–Kier alpha value is -4.07. The summed E-state index contributed by atoms with van der Waals surface area (Å²) in [5.74, 6) is -3.38. The van der Waals surface area contributed by atoms with Crippen molar-refractivity contribution in [2.24, 2.45) is 5.92 Å². The van der Waals surface area contributed by atoms with Crippen LogP contribution in [0.25, 0.3) is 0 Å². The number of rotatable bonds is 5. The number of aromatic hydroxyl groups is 1. The van der Waals surface area contributed by atoms with Gasteiger partial charge in [-0.05, 0) is 60.2 Å². The number of thioether (sulfide) groups is 1. The number of nitrogens with zero attached hydrogens (tertiary/aromatic N) is 2. The number of carbonyl (C=O) groups excluding carboxylic acids is 3. The molecule has 0 radical (unpaired) electrons. The Kier molecular flexibility index (Phi) is 7.35. The topological polar surface area (TPSA) is 109 Å². The quantitative estimate of drug-likeness (QED) is 0.269. The number of hydrogen-bond donors (Lipinski definition) is 2. The Balaban J connectivity index is 1.37. The van der Waals surface area contributed by atoms with Crippen LogP contribution >= 0.6 is 34.7 Å². The van der Waals surface area contributed by atoms with Crippen LogP contribution in [-0.4, -0.2) is 32.6 Å². The molecule has 0 spiro atoms. The van der Waals surface area contributed by atoms with Crippen LogP contribution in [0.1, 0.15) is 21.9 Å². The molecule has 0 bridgehead atoms. The van der Waals surface area contributed by atoms with Crippen molar-refractivity contribution >= 4 is 63.8 Å². The van der Waals surface area contributed by atoms with Gasteiger partial charge in [-0.25, -0.2) is 4.90 Å². The van der Waals surface area contributed by atoms with Crippen LogP contribution in [-0.2, 0) is 27.1 Å². The molecule has 0 aliphatic carbocycles. The molecule has 43 heavy (non-hydrogen) atoms. The SMILES string of the molecule is O=C(Cn1c2c(sc1=O)[C@@H](c1ccc(O)cc1)C1C(=O)N(c3ccc(Cl)cc3)C(=O)C1S2)Nc1cccc(C(F)(F)F)c1. The summed E-state index contributed by atoms with van der Waals surface area (Å²) < 4.78 is 40.6. The van der Waals surface area contributed by atoms with Gasteiger partial charge >= 0.3 is 11.0 Å². The van der Waals surface area contributed by atoms with Crippen LogP contribution in [0.3, 0.4) is 0 Å². The van der Waals surface area contributed by atoms with Gasteiger partial charge in [-0.1, -0.05) is 52.9 Å². The predicted molar refractivity (Wildman–Crippen MR) is 156 cm³/mol. The van der Waals surface area contributed by atoms with E-state index in [0.29, 0.717) is 26.2 Å². The monoisotopic (exact) mass is 645 g/mol. The highest BCUT2D eigenvalue weighted by Gasteiger charge is 2.56. The van der Waals surface area contributed by atoms with Crippen LogP contribution in [0.4, 0.5) is 24.5 Å². The normalized spacial score (nSPS) is 19.7. The molecule has 3 heterocycles. The van der Waals surface area contributed by atoms with Crippen molar-refractivity contribution in [3.8, 4) is 5.75 Å². The van der Waals surface area contributed by atoms with Crippen LogP contribution in [0.15, 0.2) is 82.6 Å². The average molecular weight is 646 g/mol. The minimum absolute atomic E-state index is 0.0145. The lowest BCUT2D eigenvalue weighted by atomic mass is 9.83. The van der Waals surface area contributed by atoms with E-state index in [9.17, 15) is 37.5 Å². The fourth-order valence-electron chi connectivity index (χ4n) is 5.26. The number of thiazole rings is 1. The molecule has 4 aromatic rings. The van der Waals surface area contributed by atoms with Gasteiger partial charge in [-0.3, -0.25) is 23.7 Å². The third-order valence-corrected chi connectivity index (χ3v) is 10.0. The molecule has 1 fully saturated rings. The number of aromatic nitrogens is 1. The van der Waals surface area contributed by atoms with E-state index in [1.165, 1.54) is 22.8 Å². The molecule has 2 N–H and O–H groups in total. The van der Waals surface area contributed by atoms with Crippen LogP contribution < -0.4 is 15.1 Å². The predicted octanol–water partition coefficient (Wildman–Crippen LogP) is 5.72. The Morgan fingerprint density at radius 2 is 1.67 bits per heavy atom. The zero-order valence-corrected chi connectivity index (χ0v) is 24.1.